The molecule has 2 unspecified atom stereocenters. The molecule has 2 heteroatoms. The fourth-order valence-corrected chi connectivity index (χ4v) is 1.71. The van der Waals surface area contributed by atoms with E-state index in [-0.39, 0.29) is 11.5 Å². The van der Waals surface area contributed by atoms with Gasteiger partial charge in [-0.15, -0.1) is 0 Å². The largest absolute Gasteiger partial charge is 0.399 e. The van der Waals surface area contributed by atoms with Crippen LogP contribution >= 0.6 is 0 Å². The van der Waals surface area contributed by atoms with Crippen molar-refractivity contribution in [1.29, 1.82) is 0 Å². The predicted octanol–water partition coefficient (Wildman–Crippen LogP) is 1.92. The first kappa shape index (κ1) is 10.3. The van der Waals surface area contributed by atoms with Gasteiger partial charge in [-0.3, -0.25) is 0 Å². The minimum atomic E-state index is 0.0628. The lowest BCUT2D eigenvalue weighted by Crippen LogP contribution is -2.39. The van der Waals surface area contributed by atoms with Gasteiger partial charge in [-0.25, -0.2) is 0 Å². The van der Waals surface area contributed by atoms with Gasteiger partial charge in [-0.2, -0.15) is 0 Å². The second-order valence-electron chi connectivity index (χ2n) is 4.03. The average Bonchev–Trinajstić information content (AvgIpc) is 2.11. The van der Waals surface area contributed by atoms with Crippen molar-refractivity contribution in [3.8, 4) is 0 Å². The molecule has 2 nitrogen and oxygen atoms in total. The lowest BCUT2D eigenvalue weighted by Gasteiger charge is -2.34. The summed E-state index contributed by atoms with van der Waals surface area (Å²) in [4.78, 5) is 0. The third-order valence-corrected chi connectivity index (χ3v) is 3.14. The van der Waals surface area contributed by atoms with E-state index < -0.39 is 0 Å². The summed E-state index contributed by atoms with van der Waals surface area (Å²) in [6.45, 7) is 6.48. The summed E-state index contributed by atoms with van der Waals surface area (Å²) < 4.78 is 0. The fraction of sp³-hybridized carbons (Fsp3) is 0.636. The molecule has 0 aromatic carbocycles. The molecule has 0 amide bonds. The standard InChI is InChI=1S/C11H20N2/c1-4-8-7-11(3,5-2)10(13)6-9(8)12/h6-7,10H,4-5,12-13H2,1-3H3. The summed E-state index contributed by atoms with van der Waals surface area (Å²) in [6, 6.07) is 0.0628. The highest BCUT2D eigenvalue weighted by molar-refractivity contribution is 5.36. The Morgan fingerprint density at radius 1 is 1.46 bits per heavy atom. The molecule has 1 aliphatic rings. The molecule has 0 aromatic rings. The number of allylic oxidation sites excluding steroid dienone is 1. The van der Waals surface area contributed by atoms with Crippen molar-refractivity contribution in [3.63, 3.8) is 0 Å². The molecule has 0 saturated carbocycles. The SMILES string of the molecule is CCC1=CC(C)(CC)C(N)C=C1N. The molecule has 0 saturated heterocycles. The van der Waals surface area contributed by atoms with Crippen molar-refractivity contribution in [1.82, 2.24) is 0 Å². The molecule has 0 heterocycles. The predicted molar refractivity (Wildman–Crippen MR) is 57.0 cm³/mol. The number of hydrogen-bond acceptors (Lipinski definition) is 2. The molecule has 1 rings (SSSR count). The first-order chi connectivity index (χ1) is 6.03. The van der Waals surface area contributed by atoms with E-state index in [4.69, 9.17) is 11.5 Å². The molecule has 2 atom stereocenters. The van der Waals surface area contributed by atoms with Crippen LogP contribution in [0.2, 0.25) is 0 Å². The topological polar surface area (TPSA) is 52.0 Å². The van der Waals surface area contributed by atoms with E-state index in [9.17, 15) is 0 Å². The van der Waals surface area contributed by atoms with Crippen LogP contribution in [0.15, 0.2) is 23.4 Å². The van der Waals surface area contributed by atoms with Gasteiger partial charge in [-0.1, -0.05) is 26.8 Å². The van der Waals surface area contributed by atoms with E-state index in [1.54, 1.807) is 0 Å². The molecule has 74 valence electrons. The van der Waals surface area contributed by atoms with Crippen LogP contribution < -0.4 is 11.5 Å². The van der Waals surface area contributed by atoms with E-state index >= 15 is 0 Å². The lowest BCUT2D eigenvalue weighted by molar-refractivity contribution is 0.357. The fourth-order valence-electron chi connectivity index (χ4n) is 1.71. The van der Waals surface area contributed by atoms with E-state index in [0.717, 1.165) is 18.5 Å². The maximum Gasteiger partial charge on any atom is 0.0336 e. The van der Waals surface area contributed by atoms with E-state index in [2.05, 4.69) is 26.8 Å². The average molecular weight is 180 g/mol. The van der Waals surface area contributed by atoms with Crippen molar-refractivity contribution in [2.75, 3.05) is 0 Å². The van der Waals surface area contributed by atoms with E-state index in [1.165, 1.54) is 5.57 Å². The highest BCUT2D eigenvalue weighted by Gasteiger charge is 2.30. The van der Waals surface area contributed by atoms with Crippen molar-refractivity contribution in [2.24, 2.45) is 16.9 Å². The Labute approximate surface area is 80.7 Å². The maximum atomic E-state index is 6.03. The van der Waals surface area contributed by atoms with Crippen LogP contribution in [0, 0.1) is 5.41 Å². The molecule has 0 radical (unpaired) electrons. The summed E-state index contributed by atoms with van der Waals surface area (Å²) in [5.74, 6) is 0. The van der Waals surface area contributed by atoms with Crippen LogP contribution in [0.1, 0.15) is 33.6 Å². The molecular weight excluding hydrogens is 160 g/mol. The first-order valence-corrected chi connectivity index (χ1v) is 4.98. The zero-order chi connectivity index (χ0) is 10.1. The Hall–Kier alpha value is -0.760. The zero-order valence-corrected chi connectivity index (χ0v) is 8.80. The van der Waals surface area contributed by atoms with Gasteiger partial charge >= 0.3 is 0 Å². The molecule has 13 heavy (non-hydrogen) atoms. The van der Waals surface area contributed by atoms with Crippen LogP contribution in [0.4, 0.5) is 0 Å². The quantitative estimate of drug-likeness (QED) is 0.682. The molecule has 0 aromatic heterocycles. The summed E-state index contributed by atoms with van der Waals surface area (Å²) in [5.41, 5.74) is 14.1. The van der Waals surface area contributed by atoms with E-state index in [0.29, 0.717) is 0 Å². The van der Waals surface area contributed by atoms with Crippen LogP contribution in [0.3, 0.4) is 0 Å². The summed E-state index contributed by atoms with van der Waals surface area (Å²) in [6.07, 6.45) is 6.28. The van der Waals surface area contributed by atoms with Gasteiger partial charge in [-0.05, 0) is 24.5 Å². The summed E-state index contributed by atoms with van der Waals surface area (Å²) >= 11 is 0. The normalized spacial score (nSPS) is 34.0. The molecule has 4 N–H and O–H groups in total. The lowest BCUT2D eigenvalue weighted by atomic mass is 9.74. The van der Waals surface area contributed by atoms with Gasteiger partial charge in [0.1, 0.15) is 0 Å². The highest BCUT2D eigenvalue weighted by Crippen LogP contribution is 2.34. The van der Waals surface area contributed by atoms with Crippen molar-refractivity contribution < 1.29 is 0 Å². The summed E-state index contributed by atoms with van der Waals surface area (Å²) in [7, 11) is 0. The van der Waals surface area contributed by atoms with Crippen LogP contribution in [0.25, 0.3) is 0 Å². The monoisotopic (exact) mass is 180 g/mol. The Bertz CT molecular complexity index is 253. The summed E-state index contributed by atoms with van der Waals surface area (Å²) in [5, 5.41) is 0. The van der Waals surface area contributed by atoms with Crippen LogP contribution in [0.5, 0.6) is 0 Å². The van der Waals surface area contributed by atoms with E-state index in [1.807, 2.05) is 6.08 Å². The second kappa shape index (κ2) is 3.54. The van der Waals surface area contributed by atoms with Gasteiger partial charge in [0.15, 0.2) is 0 Å². The van der Waals surface area contributed by atoms with Crippen molar-refractivity contribution in [3.05, 3.63) is 23.4 Å². The second-order valence-corrected chi connectivity index (χ2v) is 4.03. The minimum Gasteiger partial charge on any atom is -0.399 e. The van der Waals surface area contributed by atoms with Crippen LogP contribution in [-0.2, 0) is 0 Å². The third-order valence-electron chi connectivity index (χ3n) is 3.14. The number of nitrogens with two attached hydrogens (primary N) is 2. The number of rotatable bonds is 2. The Balaban J connectivity index is 3.00. The smallest absolute Gasteiger partial charge is 0.0336 e. The Morgan fingerprint density at radius 3 is 2.54 bits per heavy atom. The van der Waals surface area contributed by atoms with Gasteiger partial charge in [0, 0.05) is 17.2 Å². The zero-order valence-electron chi connectivity index (χ0n) is 8.80. The third kappa shape index (κ3) is 1.78. The molecule has 0 fully saturated rings. The van der Waals surface area contributed by atoms with Gasteiger partial charge in [0.2, 0.25) is 0 Å². The minimum absolute atomic E-state index is 0.0628. The van der Waals surface area contributed by atoms with Crippen LogP contribution in [-0.4, -0.2) is 6.04 Å². The molecule has 1 aliphatic carbocycles. The Morgan fingerprint density at radius 2 is 2.08 bits per heavy atom. The van der Waals surface area contributed by atoms with Crippen molar-refractivity contribution >= 4 is 0 Å². The molecule has 0 aliphatic heterocycles. The molecule has 0 bridgehead atoms. The first-order valence-electron chi connectivity index (χ1n) is 4.98. The molecule has 0 spiro atoms. The van der Waals surface area contributed by atoms with Crippen molar-refractivity contribution in [2.45, 2.75) is 39.7 Å². The number of hydrogen-bond donors (Lipinski definition) is 2. The maximum absolute atomic E-state index is 6.03. The van der Waals surface area contributed by atoms with Gasteiger partial charge < -0.3 is 11.5 Å². The van der Waals surface area contributed by atoms with Gasteiger partial charge in [0.25, 0.3) is 0 Å². The highest BCUT2D eigenvalue weighted by atomic mass is 14.7. The Kier molecular flexibility index (Phi) is 2.81. The molecular formula is C11H20N2. The van der Waals surface area contributed by atoms with Gasteiger partial charge in [0.05, 0.1) is 0 Å².